The number of nitrogens with zero attached hydrogens (tertiary/aromatic N) is 2. The van der Waals surface area contributed by atoms with Crippen molar-refractivity contribution in [3.05, 3.63) is 57.8 Å². The van der Waals surface area contributed by atoms with Gasteiger partial charge in [0.1, 0.15) is 0 Å². The number of thioether (sulfide) groups is 1. The van der Waals surface area contributed by atoms with Crippen molar-refractivity contribution in [1.82, 2.24) is 10.2 Å². The molecule has 0 radical (unpaired) electrons. The second kappa shape index (κ2) is 10.4. The number of esters is 1. The highest BCUT2D eigenvalue weighted by molar-refractivity contribution is 8.16. The molecule has 1 atom stereocenters. The lowest BCUT2D eigenvalue weighted by Crippen LogP contribution is -2.38. The summed E-state index contributed by atoms with van der Waals surface area (Å²) >= 11 is 1.49. The lowest BCUT2D eigenvalue weighted by molar-refractivity contribution is -0.143. The van der Waals surface area contributed by atoms with E-state index in [0.717, 1.165) is 28.4 Å². The molecule has 32 heavy (non-hydrogen) atoms. The summed E-state index contributed by atoms with van der Waals surface area (Å²) in [7, 11) is 0. The Labute approximate surface area is 195 Å². The van der Waals surface area contributed by atoms with Gasteiger partial charge in [-0.1, -0.05) is 55.4 Å². The van der Waals surface area contributed by atoms with Crippen LogP contribution in [0.25, 0.3) is 0 Å². The third-order valence-corrected chi connectivity index (χ3v) is 6.23. The Kier molecular flexibility index (Phi) is 7.82. The van der Waals surface area contributed by atoms with Crippen LogP contribution in [0.4, 0.5) is 0 Å². The highest BCUT2D eigenvalue weighted by Crippen LogP contribution is 2.44. The van der Waals surface area contributed by atoms with Crippen LogP contribution >= 0.6 is 11.8 Å². The van der Waals surface area contributed by atoms with E-state index in [1.807, 2.05) is 62.3 Å². The molecule has 0 bridgehead atoms. The zero-order chi connectivity index (χ0) is 23.4. The average molecular weight is 456 g/mol. The lowest BCUT2D eigenvalue weighted by atomic mass is 9.93. The number of hydrogen-bond donors (Lipinski definition) is 1. The summed E-state index contributed by atoms with van der Waals surface area (Å²) in [6.07, 6.45) is 0.939. The van der Waals surface area contributed by atoms with Gasteiger partial charge in [-0.3, -0.25) is 4.79 Å². The molecule has 2 aliphatic heterocycles. The number of aryl methyl sites for hydroxylation is 1. The summed E-state index contributed by atoms with van der Waals surface area (Å²) in [5.74, 6) is 0.133. The molecule has 0 fully saturated rings. The van der Waals surface area contributed by atoms with E-state index in [2.05, 4.69) is 19.2 Å². The van der Waals surface area contributed by atoms with Crippen LogP contribution < -0.4 is 5.32 Å². The molecular weight excluding hydrogens is 422 g/mol. The largest absolute Gasteiger partial charge is 0.459 e. The number of rotatable bonds is 8. The maximum Gasteiger partial charge on any atom is 0.338 e. The van der Waals surface area contributed by atoms with E-state index in [4.69, 9.17) is 9.73 Å². The molecule has 0 saturated heterocycles. The fourth-order valence-electron chi connectivity index (χ4n) is 3.70. The second-order valence-corrected chi connectivity index (χ2v) is 9.80. The normalized spacial score (nSPS) is 18.0. The van der Waals surface area contributed by atoms with E-state index in [-0.39, 0.29) is 30.4 Å². The Bertz CT molecular complexity index is 961. The highest BCUT2D eigenvalue weighted by atomic mass is 32.2. The van der Waals surface area contributed by atoms with Crippen molar-refractivity contribution in [3.8, 4) is 0 Å². The third-order valence-electron chi connectivity index (χ3n) is 5.34. The predicted octanol–water partition coefficient (Wildman–Crippen LogP) is 5.07. The first-order valence-corrected chi connectivity index (χ1v) is 12.0. The van der Waals surface area contributed by atoms with E-state index in [9.17, 15) is 9.59 Å². The minimum atomic E-state index is -0.390. The fraction of sp³-hybridized carbons (Fsp3) is 0.480. The minimum Gasteiger partial charge on any atom is -0.459 e. The number of benzene rings is 1. The molecule has 1 unspecified atom stereocenters. The van der Waals surface area contributed by atoms with E-state index >= 15 is 0 Å². The molecule has 2 heterocycles. The van der Waals surface area contributed by atoms with E-state index in [1.54, 1.807) is 0 Å². The van der Waals surface area contributed by atoms with Crippen LogP contribution in [0.1, 0.15) is 64.6 Å². The van der Waals surface area contributed by atoms with Crippen LogP contribution in [0.3, 0.4) is 0 Å². The Morgan fingerprint density at radius 2 is 1.84 bits per heavy atom. The quantitative estimate of drug-likeness (QED) is 0.554. The number of ether oxygens (including phenoxy) is 1. The maximum atomic E-state index is 13.1. The molecule has 2 aliphatic rings. The number of aliphatic imine (C=N–C) groups is 1. The smallest absolute Gasteiger partial charge is 0.338 e. The molecule has 6 nitrogen and oxygen atoms in total. The minimum absolute atomic E-state index is 0.0287. The van der Waals surface area contributed by atoms with E-state index in [0.29, 0.717) is 23.7 Å². The van der Waals surface area contributed by atoms with Crippen molar-refractivity contribution in [3.63, 3.8) is 0 Å². The number of carbonyl (C=O) groups is 2. The number of hydrogen-bond acceptors (Lipinski definition) is 6. The van der Waals surface area contributed by atoms with Gasteiger partial charge in [-0.2, -0.15) is 0 Å². The number of amides is 1. The van der Waals surface area contributed by atoms with Crippen LogP contribution in [0.15, 0.2) is 51.6 Å². The fourth-order valence-corrected chi connectivity index (χ4v) is 4.66. The first-order chi connectivity index (χ1) is 15.2. The number of amidine groups is 1. The summed E-state index contributed by atoms with van der Waals surface area (Å²) in [6, 6.07) is 7.74. The monoisotopic (exact) mass is 455 g/mol. The predicted molar refractivity (Wildman–Crippen MR) is 130 cm³/mol. The maximum absolute atomic E-state index is 13.1. The van der Waals surface area contributed by atoms with Gasteiger partial charge in [-0.25, -0.2) is 9.79 Å². The molecule has 0 aromatic heterocycles. The van der Waals surface area contributed by atoms with Crippen LogP contribution in [-0.2, 0) is 14.3 Å². The number of carbonyl (C=O) groups excluding carboxylic acids is 2. The average Bonchev–Trinajstić information content (AvgIpc) is 3.08. The first kappa shape index (κ1) is 24.1. The van der Waals surface area contributed by atoms with Crippen LogP contribution in [0.2, 0.25) is 0 Å². The molecule has 1 aromatic rings. The molecule has 7 heteroatoms. The second-order valence-electron chi connectivity index (χ2n) is 8.97. The van der Waals surface area contributed by atoms with Gasteiger partial charge in [0.2, 0.25) is 5.91 Å². The van der Waals surface area contributed by atoms with Gasteiger partial charge in [0.05, 0.1) is 29.8 Å². The molecule has 3 rings (SSSR count). The molecule has 1 aromatic carbocycles. The lowest BCUT2D eigenvalue weighted by Gasteiger charge is -2.36. The van der Waals surface area contributed by atoms with E-state index in [1.165, 1.54) is 11.8 Å². The van der Waals surface area contributed by atoms with Crippen molar-refractivity contribution < 1.29 is 14.3 Å². The summed E-state index contributed by atoms with van der Waals surface area (Å²) in [5.41, 5.74) is 4.10. The summed E-state index contributed by atoms with van der Waals surface area (Å²) in [4.78, 5) is 32.5. The number of allylic oxidation sites excluding steroid dienone is 1. The summed E-state index contributed by atoms with van der Waals surface area (Å²) in [6.45, 7) is 12.5. The topological polar surface area (TPSA) is 71.0 Å². The molecular formula is C25H33N3O3S. The molecule has 0 saturated carbocycles. The molecule has 172 valence electrons. The Morgan fingerprint density at radius 1 is 1.16 bits per heavy atom. The van der Waals surface area contributed by atoms with Gasteiger partial charge in [-0.15, -0.1) is 0 Å². The van der Waals surface area contributed by atoms with Crippen LogP contribution in [-0.4, -0.2) is 34.6 Å². The van der Waals surface area contributed by atoms with Crippen molar-refractivity contribution in [1.29, 1.82) is 0 Å². The van der Waals surface area contributed by atoms with Gasteiger partial charge in [0.15, 0.2) is 5.17 Å². The standard InChI is InChI=1S/C25H33N3O3S/c1-15(2)11-12-26-21(29)13-20-14-32-25-27-18(6)22(24(30)31-16(3)4)23(28(20)25)19-9-7-17(5)8-10-19/h7-10,14-16,23H,11-13H2,1-6H3,(H,26,29). The molecule has 0 spiro atoms. The Hall–Kier alpha value is -2.54. The zero-order valence-corrected chi connectivity index (χ0v) is 20.6. The SMILES string of the molecule is CC1=C(C(=O)OC(C)C)C(c2ccc(C)cc2)N2C(CC(=O)NCCC(C)C)=CSC2=N1. The summed E-state index contributed by atoms with van der Waals surface area (Å²) in [5, 5.41) is 5.75. The highest BCUT2D eigenvalue weighted by Gasteiger charge is 2.41. The van der Waals surface area contributed by atoms with Crippen molar-refractivity contribution in [2.24, 2.45) is 10.9 Å². The summed E-state index contributed by atoms with van der Waals surface area (Å²) < 4.78 is 5.58. The molecule has 0 aliphatic carbocycles. The Morgan fingerprint density at radius 3 is 2.47 bits per heavy atom. The van der Waals surface area contributed by atoms with Gasteiger partial charge < -0.3 is 15.0 Å². The van der Waals surface area contributed by atoms with E-state index < -0.39 is 0 Å². The van der Waals surface area contributed by atoms with Crippen molar-refractivity contribution in [2.75, 3.05) is 6.54 Å². The Balaban J connectivity index is 1.92. The van der Waals surface area contributed by atoms with Crippen molar-refractivity contribution >= 4 is 28.8 Å². The van der Waals surface area contributed by atoms with Crippen molar-refractivity contribution in [2.45, 2.75) is 66.5 Å². The van der Waals surface area contributed by atoms with Gasteiger partial charge >= 0.3 is 5.97 Å². The first-order valence-electron chi connectivity index (χ1n) is 11.2. The van der Waals surface area contributed by atoms with Gasteiger partial charge in [0.25, 0.3) is 0 Å². The van der Waals surface area contributed by atoms with Gasteiger partial charge in [-0.05, 0) is 51.0 Å². The molecule has 1 N–H and O–H groups in total. The number of fused-ring (bicyclic) bond motifs is 1. The van der Waals surface area contributed by atoms with Crippen LogP contribution in [0, 0.1) is 12.8 Å². The van der Waals surface area contributed by atoms with Gasteiger partial charge in [0, 0.05) is 12.2 Å². The van der Waals surface area contributed by atoms with Crippen LogP contribution in [0.5, 0.6) is 0 Å². The zero-order valence-electron chi connectivity index (χ0n) is 19.8. The number of nitrogens with one attached hydrogen (secondary N) is 1. The molecule has 1 amide bonds. The third kappa shape index (κ3) is 5.63.